The molecule has 0 radical (unpaired) electrons. The van der Waals surface area contributed by atoms with Gasteiger partial charge in [-0.05, 0) is 49.2 Å². The molecule has 1 heterocycles. The Morgan fingerprint density at radius 1 is 1.20 bits per heavy atom. The molecule has 0 saturated carbocycles. The van der Waals surface area contributed by atoms with Gasteiger partial charge in [0, 0.05) is 12.8 Å². The van der Waals surface area contributed by atoms with Crippen LogP contribution in [0.5, 0.6) is 11.5 Å². The Balaban J connectivity index is 1.73. The summed E-state index contributed by atoms with van der Waals surface area (Å²) in [5, 5.41) is 2.80. The standard InChI is InChI=1S/C20H21NO4/c1-13-3-6-17(7-4-13)25-20(23)21-18(11-14(2)22)15-5-8-19-16(12-15)9-10-24-19/h3-8,12,18H,9-11H2,1-2H3,(H,21,23)/t18-/m0/s1. The van der Waals surface area contributed by atoms with Gasteiger partial charge in [-0.15, -0.1) is 0 Å². The highest BCUT2D eigenvalue weighted by atomic mass is 16.6. The van der Waals surface area contributed by atoms with Gasteiger partial charge in [0.25, 0.3) is 0 Å². The third-order valence-electron chi connectivity index (χ3n) is 4.13. The van der Waals surface area contributed by atoms with Gasteiger partial charge in [-0.1, -0.05) is 23.8 Å². The summed E-state index contributed by atoms with van der Waals surface area (Å²) in [7, 11) is 0. The van der Waals surface area contributed by atoms with E-state index in [1.807, 2.05) is 37.3 Å². The zero-order chi connectivity index (χ0) is 17.8. The first-order valence-electron chi connectivity index (χ1n) is 8.31. The number of rotatable bonds is 5. The summed E-state index contributed by atoms with van der Waals surface area (Å²) in [4.78, 5) is 23.8. The lowest BCUT2D eigenvalue weighted by Crippen LogP contribution is -2.32. The highest BCUT2D eigenvalue weighted by Crippen LogP contribution is 2.29. The number of fused-ring (bicyclic) bond motifs is 1. The Morgan fingerprint density at radius 3 is 2.68 bits per heavy atom. The van der Waals surface area contributed by atoms with E-state index in [4.69, 9.17) is 9.47 Å². The lowest BCUT2D eigenvalue weighted by Gasteiger charge is -2.18. The van der Waals surface area contributed by atoms with E-state index >= 15 is 0 Å². The van der Waals surface area contributed by atoms with E-state index in [1.165, 1.54) is 6.92 Å². The predicted octanol–water partition coefficient (Wildman–Crippen LogP) is 3.74. The van der Waals surface area contributed by atoms with E-state index in [1.54, 1.807) is 12.1 Å². The van der Waals surface area contributed by atoms with Crippen LogP contribution in [0.3, 0.4) is 0 Å². The number of amides is 1. The average molecular weight is 339 g/mol. The molecule has 25 heavy (non-hydrogen) atoms. The molecule has 0 unspecified atom stereocenters. The first-order chi connectivity index (χ1) is 12.0. The fourth-order valence-corrected chi connectivity index (χ4v) is 2.85. The summed E-state index contributed by atoms with van der Waals surface area (Å²) in [6.07, 6.45) is 0.471. The summed E-state index contributed by atoms with van der Waals surface area (Å²) < 4.78 is 10.8. The van der Waals surface area contributed by atoms with Crippen molar-refractivity contribution in [3.05, 3.63) is 59.2 Å². The summed E-state index contributed by atoms with van der Waals surface area (Å²) in [6, 6.07) is 12.5. The maximum Gasteiger partial charge on any atom is 0.413 e. The lowest BCUT2D eigenvalue weighted by molar-refractivity contribution is -0.117. The molecule has 1 atom stereocenters. The minimum Gasteiger partial charge on any atom is -0.493 e. The monoisotopic (exact) mass is 339 g/mol. The number of hydrogen-bond acceptors (Lipinski definition) is 4. The second-order valence-electron chi connectivity index (χ2n) is 6.27. The van der Waals surface area contributed by atoms with Crippen molar-refractivity contribution in [1.29, 1.82) is 0 Å². The van der Waals surface area contributed by atoms with Gasteiger partial charge >= 0.3 is 6.09 Å². The van der Waals surface area contributed by atoms with Crippen LogP contribution in [0, 0.1) is 6.92 Å². The molecule has 5 heteroatoms. The molecule has 5 nitrogen and oxygen atoms in total. The topological polar surface area (TPSA) is 64.6 Å². The molecule has 1 aliphatic heterocycles. The van der Waals surface area contributed by atoms with Crippen molar-refractivity contribution in [1.82, 2.24) is 5.32 Å². The van der Waals surface area contributed by atoms with E-state index in [9.17, 15) is 9.59 Å². The van der Waals surface area contributed by atoms with E-state index in [-0.39, 0.29) is 12.2 Å². The van der Waals surface area contributed by atoms with Crippen molar-refractivity contribution >= 4 is 11.9 Å². The van der Waals surface area contributed by atoms with E-state index < -0.39 is 12.1 Å². The van der Waals surface area contributed by atoms with Crippen molar-refractivity contribution in [3.8, 4) is 11.5 Å². The van der Waals surface area contributed by atoms with Crippen molar-refractivity contribution in [2.24, 2.45) is 0 Å². The number of carbonyl (C=O) groups is 2. The molecule has 1 N–H and O–H groups in total. The Bertz CT molecular complexity index is 783. The molecule has 0 fully saturated rings. The average Bonchev–Trinajstić information content (AvgIpc) is 3.03. The van der Waals surface area contributed by atoms with Crippen LogP contribution in [0.2, 0.25) is 0 Å². The summed E-state index contributed by atoms with van der Waals surface area (Å²) >= 11 is 0. The van der Waals surface area contributed by atoms with Gasteiger partial charge in [0.15, 0.2) is 0 Å². The first-order valence-corrected chi connectivity index (χ1v) is 8.31. The maximum atomic E-state index is 12.2. The normalized spacial score (nSPS) is 13.5. The van der Waals surface area contributed by atoms with Crippen LogP contribution in [0.25, 0.3) is 0 Å². The maximum absolute atomic E-state index is 12.2. The van der Waals surface area contributed by atoms with Crippen LogP contribution in [0.4, 0.5) is 4.79 Å². The van der Waals surface area contributed by atoms with Crippen LogP contribution >= 0.6 is 0 Å². The van der Waals surface area contributed by atoms with Crippen molar-refractivity contribution in [3.63, 3.8) is 0 Å². The van der Waals surface area contributed by atoms with Crippen LogP contribution in [0.1, 0.15) is 36.1 Å². The molecule has 0 aromatic heterocycles. The highest BCUT2D eigenvalue weighted by molar-refractivity contribution is 5.78. The quantitative estimate of drug-likeness (QED) is 0.901. The number of ether oxygens (including phenoxy) is 2. The van der Waals surface area contributed by atoms with Crippen LogP contribution in [-0.2, 0) is 11.2 Å². The zero-order valence-corrected chi connectivity index (χ0v) is 14.4. The van der Waals surface area contributed by atoms with Gasteiger partial charge in [0.05, 0.1) is 12.6 Å². The Kier molecular flexibility index (Phi) is 5.03. The molecule has 0 aliphatic carbocycles. The molecule has 130 valence electrons. The van der Waals surface area contributed by atoms with Gasteiger partial charge in [-0.3, -0.25) is 4.79 Å². The first kappa shape index (κ1) is 17.0. The minimum atomic E-state index is -0.577. The molecular weight excluding hydrogens is 318 g/mol. The minimum absolute atomic E-state index is 0.00242. The van der Waals surface area contributed by atoms with Crippen molar-refractivity contribution < 1.29 is 19.1 Å². The lowest BCUT2D eigenvalue weighted by atomic mass is 9.99. The Morgan fingerprint density at radius 2 is 1.96 bits per heavy atom. The van der Waals surface area contributed by atoms with Gasteiger partial charge in [0.1, 0.15) is 17.3 Å². The zero-order valence-electron chi connectivity index (χ0n) is 14.4. The summed E-state index contributed by atoms with van der Waals surface area (Å²) in [6.45, 7) is 4.14. The Labute approximate surface area is 147 Å². The third-order valence-corrected chi connectivity index (χ3v) is 4.13. The summed E-state index contributed by atoms with van der Waals surface area (Å²) in [5.74, 6) is 1.33. The number of ketones is 1. The molecule has 2 aromatic rings. The number of hydrogen-bond donors (Lipinski definition) is 1. The Hall–Kier alpha value is -2.82. The molecule has 0 saturated heterocycles. The third kappa shape index (κ3) is 4.38. The van der Waals surface area contributed by atoms with Crippen molar-refractivity contribution in [2.75, 3.05) is 6.61 Å². The SMILES string of the molecule is CC(=O)C[C@H](NC(=O)Oc1ccc(C)cc1)c1ccc2c(c1)CCO2. The van der Waals surface area contributed by atoms with Crippen LogP contribution in [-0.4, -0.2) is 18.5 Å². The van der Waals surface area contributed by atoms with Gasteiger partial charge in [0.2, 0.25) is 0 Å². The smallest absolute Gasteiger partial charge is 0.413 e. The predicted molar refractivity (Wildman–Crippen MR) is 94.0 cm³/mol. The largest absolute Gasteiger partial charge is 0.493 e. The number of aryl methyl sites for hydroxylation is 1. The highest BCUT2D eigenvalue weighted by Gasteiger charge is 2.21. The van der Waals surface area contributed by atoms with E-state index in [0.717, 1.165) is 28.9 Å². The second kappa shape index (κ2) is 7.38. The molecule has 1 aliphatic rings. The summed E-state index contributed by atoms with van der Waals surface area (Å²) in [5.41, 5.74) is 3.06. The second-order valence-corrected chi connectivity index (χ2v) is 6.27. The number of Topliss-reactive ketones (excluding diaryl/α,β-unsaturated/α-hetero) is 1. The number of carbonyl (C=O) groups excluding carboxylic acids is 2. The molecule has 2 aromatic carbocycles. The van der Waals surface area contributed by atoms with E-state index in [0.29, 0.717) is 12.4 Å². The fourth-order valence-electron chi connectivity index (χ4n) is 2.85. The van der Waals surface area contributed by atoms with Gasteiger partial charge < -0.3 is 14.8 Å². The van der Waals surface area contributed by atoms with Crippen molar-refractivity contribution in [2.45, 2.75) is 32.7 Å². The van der Waals surface area contributed by atoms with Crippen LogP contribution in [0.15, 0.2) is 42.5 Å². The van der Waals surface area contributed by atoms with E-state index in [2.05, 4.69) is 5.32 Å². The fraction of sp³-hybridized carbons (Fsp3) is 0.300. The molecule has 3 rings (SSSR count). The molecular formula is C20H21NO4. The van der Waals surface area contributed by atoms with Gasteiger partial charge in [-0.25, -0.2) is 4.79 Å². The molecule has 0 spiro atoms. The number of nitrogens with one attached hydrogen (secondary N) is 1. The van der Waals surface area contributed by atoms with Gasteiger partial charge in [-0.2, -0.15) is 0 Å². The molecule has 0 bridgehead atoms. The van der Waals surface area contributed by atoms with Crippen LogP contribution < -0.4 is 14.8 Å². The number of benzene rings is 2. The molecule has 1 amide bonds.